The van der Waals surface area contributed by atoms with Crippen LogP contribution in [0.4, 0.5) is 4.39 Å². The van der Waals surface area contributed by atoms with Crippen LogP contribution in [0.3, 0.4) is 0 Å². The van der Waals surface area contributed by atoms with E-state index in [2.05, 4.69) is 34.1 Å². The third-order valence-electron chi connectivity index (χ3n) is 4.00. The minimum atomic E-state index is -0.218. The fourth-order valence-corrected chi connectivity index (χ4v) is 3.29. The van der Waals surface area contributed by atoms with Crippen LogP contribution in [0.5, 0.6) is 0 Å². The minimum Gasteiger partial charge on any atom is -0.324 e. The molecule has 1 aliphatic rings. The van der Waals surface area contributed by atoms with Crippen molar-refractivity contribution in [1.29, 1.82) is 0 Å². The van der Waals surface area contributed by atoms with Crippen molar-refractivity contribution in [3.05, 3.63) is 68.9 Å². The minimum absolute atomic E-state index is 0.0981. The highest BCUT2D eigenvalue weighted by atomic mass is 79.9. The molecule has 0 aliphatic heterocycles. The number of hydrogen-bond acceptors (Lipinski definition) is 1. The van der Waals surface area contributed by atoms with E-state index in [1.165, 1.54) is 30.0 Å². The molecule has 1 unspecified atom stereocenters. The van der Waals surface area contributed by atoms with Gasteiger partial charge in [0.05, 0.1) is 0 Å². The van der Waals surface area contributed by atoms with Crippen LogP contribution in [-0.2, 0) is 19.3 Å². The average molecular weight is 334 g/mol. The van der Waals surface area contributed by atoms with Gasteiger partial charge in [0, 0.05) is 10.5 Å². The van der Waals surface area contributed by atoms with E-state index >= 15 is 0 Å². The Hall–Kier alpha value is -1.19. The van der Waals surface area contributed by atoms with Crippen molar-refractivity contribution < 1.29 is 4.39 Å². The summed E-state index contributed by atoms with van der Waals surface area (Å²) in [5.41, 5.74) is 11.2. The molecule has 20 heavy (non-hydrogen) atoms. The lowest BCUT2D eigenvalue weighted by Gasteiger charge is -2.15. The van der Waals surface area contributed by atoms with Crippen molar-refractivity contribution in [2.45, 2.75) is 31.7 Å². The zero-order valence-corrected chi connectivity index (χ0v) is 12.8. The Labute approximate surface area is 127 Å². The molecule has 0 radical (unpaired) electrons. The van der Waals surface area contributed by atoms with Gasteiger partial charge in [0.1, 0.15) is 5.82 Å². The second kappa shape index (κ2) is 5.66. The molecule has 0 bridgehead atoms. The van der Waals surface area contributed by atoms with Crippen LogP contribution in [0, 0.1) is 5.82 Å². The number of nitrogens with two attached hydrogens (primary N) is 1. The molecule has 3 rings (SSSR count). The van der Waals surface area contributed by atoms with Gasteiger partial charge in [0.25, 0.3) is 0 Å². The molecule has 0 aromatic heterocycles. The summed E-state index contributed by atoms with van der Waals surface area (Å²) in [5, 5.41) is 0. The van der Waals surface area contributed by atoms with Gasteiger partial charge in [-0.05, 0) is 66.1 Å². The first-order valence-corrected chi connectivity index (χ1v) is 7.74. The zero-order valence-electron chi connectivity index (χ0n) is 11.2. The van der Waals surface area contributed by atoms with E-state index in [4.69, 9.17) is 5.73 Å². The Kier molecular flexibility index (Phi) is 3.90. The molecule has 0 saturated heterocycles. The number of hydrogen-bond donors (Lipinski definition) is 1. The van der Waals surface area contributed by atoms with Crippen molar-refractivity contribution in [1.82, 2.24) is 0 Å². The van der Waals surface area contributed by atoms with Crippen LogP contribution >= 0.6 is 15.9 Å². The normalized spacial score (nSPS) is 15.2. The van der Waals surface area contributed by atoms with Gasteiger partial charge in [-0.2, -0.15) is 0 Å². The molecule has 1 nitrogen and oxygen atoms in total. The van der Waals surface area contributed by atoms with E-state index < -0.39 is 0 Å². The van der Waals surface area contributed by atoms with Gasteiger partial charge in [0.2, 0.25) is 0 Å². The molecule has 2 aromatic rings. The Morgan fingerprint density at radius 2 is 1.90 bits per heavy atom. The Morgan fingerprint density at radius 3 is 2.75 bits per heavy atom. The first kappa shape index (κ1) is 13.8. The average Bonchev–Trinajstić information content (AvgIpc) is 2.90. The van der Waals surface area contributed by atoms with Crippen LogP contribution in [0.15, 0.2) is 40.9 Å². The highest BCUT2D eigenvalue weighted by Gasteiger charge is 2.15. The van der Waals surface area contributed by atoms with E-state index in [9.17, 15) is 4.39 Å². The fourth-order valence-electron chi connectivity index (χ4n) is 2.88. The van der Waals surface area contributed by atoms with Crippen molar-refractivity contribution >= 4 is 15.9 Å². The monoisotopic (exact) mass is 333 g/mol. The van der Waals surface area contributed by atoms with E-state index in [0.29, 0.717) is 6.42 Å². The molecule has 0 saturated carbocycles. The summed E-state index contributed by atoms with van der Waals surface area (Å²) in [5.74, 6) is -0.218. The first-order valence-electron chi connectivity index (χ1n) is 6.94. The van der Waals surface area contributed by atoms with Gasteiger partial charge < -0.3 is 5.73 Å². The maximum atomic E-state index is 13.3. The lowest BCUT2D eigenvalue weighted by molar-refractivity contribution is 0.621. The summed E-state index contributed by atoms with van der Waals surface area (Å²) < 4.78 is 14.2. The predicted molar refractivity (Wildman–Crippen MR) is 83.2 cm³/mol. The van der Waals surface area contributed by atoms with Crippen LogP contribution in [0.25, 0.3) is 0 Å². The molecule has 1 aliphatic carbocycles. The molecule has 0 spiro atoms. The van der Waals surface area contributed by atoms with E-state index in [1.807, 2.05) is 0 Å². The molecular weight excluding hydrogens is 317 g/mol. The number of halogens is 2. The molecule has 104 valence electrons. The second-order valence-corrected chi connectivity index (χ2v) is 6.28. The standard InChI is InChI=1S/C17H17BrFN/c18-16-7-6-15(19)9-14(16)10-17(20)13-5-4-11-2-1-3-12(11)8-13/h4-9,17H,1-3,10,20H2. The smallest absolute Gasteiger partial charge is 0.123 e. The van der Waals surface area contributed by atoms with Crippen molar-refractivity contribution in [3.8, 4) is 0 Å². The molecular formula is C17H17BrFN. The lowest BCUT2D eigenvalue weighted by Crippen LogP contribution is -2.14. The maximum absolute atomic E-state index is 13.3. The predicted octanol–water partition coefficient (Wildman–Crippen LogP) is 4.32. The third-order valence-corrected chi connectivity index (χ3v) is 4.77. The molecule has 2 N–H and O–H groups in total. The summed E-state index contributed by atoms with van der Waals surface area (Å²) in [6.45, 7) is 0. The number of benzene rings is 2. The van der Waals surface area contributed by atoms with E-state index in [1.54, 1.807) is 12.1 Å². The van der Waals surface area contributed by atoms with Gasteiger partial charge in [-0.3, -0.25) is 0 Å². The maximum Gasteiger partial charge on any atom is 0.123 e. The molecule has 0 fully saturated rings. The summed E-state index contributed by atoms with van der Waals surface area (Å²) in [6.07, 6.45) is 4.21. The zero-order chi connectivity index (χ0) is 14.1. The van der Waals surface area contributed by atoms with Crippen LogP contribution in [-0.4, -0.2) is 0 Å². The number of rotatable bonds is 3. The van der Waals surface area contributed by atoms with Crippen LogP contribution in [0.1, 0.15) is 34.7 Å². The number of aryl methyl sites for hydroxylation is 2. The van der Waals surface area contributed by atoms with Gasteiger partial charge >= 0.3 is 0 Å². The molecule has 0 amide bonds. The highest BCUT2D eigenvalue weighted by molar-refractivity contribution is 9.10. The molecule has 3 heteroatoms. The summed E-state index contributed by atoms with van der Waals surface area (Å²) in [6, 6.07) is 11.2. The summed E-state index contributed by atoms with van der Waals surface area (Å²) in [7, 11) is 0. The van der Waals surface area contributed by atoms with E-state index in [0.717, 1.165) is 22.0 Å². The molecule has 0 heterocycles. The highest BCUT2D eigenvalue weighted by Crippen LogP contribution is 2.27. The Morgan fingerprint density at radius 1 is 1.10 bits per heavy atom. The van der Waals surface area contributed by atoms with Gasteiger partial charge in [-0.15, -0.1) is 0 Å². The summed E-state index contributed by atoms with van der Waals surface area (Å²) in [4.78, 5) is 0. The summed E-state index contributed by atoms with van der Waals surface area (Å²) >= 11 is 3.46. The largest absolute Gasteiger partial charge is 0.324 e. The fraction of sp³-hybridized carbons (Fsp3) is 0.294. The van der Waals surface area contributed by atoms with Gasteiger partial charge in [0.15, 0.2) is 0 Å². The quantitative estimate of drug-likeness (QED) is 0.889. The topological polar surface area (TPSA) is 26.0 Å². The van der Waals surface area contributed by atoms with Crippen molar-refractivity contribution in [3.63, 3.8) is 0 Å². The second-order valence-electron chi connectivity index (χ2n) is 5.43. The van der Waals surface area contributed by atoms with Crippen molar-refractivity contribution in [2.24, 2.45) is 5.73 Å². The molecule has 1 atom stereocenters. The third kappa shape index (κ3) is 2.79. The van der Waals surface area contributed by atoms with Gasteiger partial charge in [-0.1, -0.05) is 34.1 Å². The van der Waals surface area contributed by atoms with Gasteiger partial charge in [-0.25, -0.2) is 4.39 Å². The van der Waals surface area contributed by atoms with Crippen LogP contribution < -0.4 is 5.73 Å². The van der Waals surface area contributed by atoms with Crippen molar-refractivity contribution in [2.75, 3.05) is 0 Å². The van der Waals surface area contributed by atoms with E-state index in [-0.39, 0.29) is 11.9 Å². The lowest BCUT2D eigenvalue weighted by atomic mass is 9.96. The first-order chi connectivity index (χ1) is 9.63. The number of fused-ring (bicyclic) bond motifs is 1. The SMILES string of the molecule is NC(Cc1cc(F)ccc1Br)c1ccc2c(c1)CCC2. The Bertz CT molecular complexity index is 639. The Balaban J connectivity index is 1.82. The molecule has 2 aromatic carbocycles. The van der Waals surface area contributed by atoms with Crippen LogP contribution in [0.2, 0.25) is 0 Å².